The Morgan fingerprint density at radius 3 is 0.848 bits per heavy atom. The number of aromatic nitrogens is 4. The molecule has 330 valence electrons. The summed E-state index contributed by atoms with van der Waals surface area (Å²) in [4.78, 5) is 63.5. The summed E-state index contributed by atoms with van der Waals surface area (Å²) in [6.45, 7) is 0. The molecule has 0 radical (unpaired) electrons. The Morgan fingerprint density at radius 2 is 0.652 bits per heavy atom. The first kappa shape index (κ1) is 41.7. The van der Waals surface area contributed by atoms with Crippen molar-refractivity contribution in [1.82, 2.24) is 19.9 Å². The molecule has 8 aromatic rings. The fraction of sp³-hybridized carbons (Fsp3) is 0.234. The van der Waals surface area contributed by atoms with Crippen LogP contribution in [0.3, 0.4) is 0 Å². The first-order valence-electron chi connectivity index (χ1n) is 21.3. The van der Waals surface area contributed by atoms with Gasteiger partial charge in [-0.25, -0.2) is 19.9 Å². The highest BCUT2D eigenvalue weighted by Crippen LogP contribution is 2.49. The monoisotopic (exact) mass is 943 g/mol. The van der Waals surface area contributed by atoms with Crippen molar-refractivity contribution in [3.8, 4) is 0 Å². The third-order valence-corrected chi connectivity index (χ3v) is 13.1. The summed E-state index contributed by atoms with van der Waals surface area (Å²) in [5.41, 5.74) is 9.92. The van der Waals surface area contributed by atoms with Crippen LogP contribution in [0.4, 0.5) is 22.7 Å². The van der Waals surface area contributed by atoms with Gasteiger partial charge in [0.25, 0.3) is 22.7 Å². The van der Waals surface area contributed by atoms with E-state index in [-0.39, 0.29) is 66.1 Å². The van der Waals surface area contributed by atoms with Gasteiger partial charge in [0.05, 0.1) is 21.1 Å². The van der Waals surface area contributed by atoms with Crippen molar-refractivity contribution < 1.29 is 21.1 Å². The predicted octanol–water partition coefficient (Wildman–Crippen LogP) is 11.9. The van der Waals surface area contributed by atoms with Gasteiger partial charge in [-0.1, -0.05) is 83.3 Å². The van der Waals surface area contributed by atoms with Crippen LogP contribution < -0.4 is 0 Å². The number of para-hydroxylation sites is 4. The number of nitro groups is 4. The van der Waals surface area contributed by atoms with E-state index in [0.29, 0.717) is 22.1 Å². The van der Waals surface area contributed by atoms with E-state index in [9.17, 15) is 40.5 Å². The lowest BCUT2D eigenvalue weighted by Gasteiger charge is -2.36. The van der Waals surface area contributed by atoms with Gasteiger partial charge in [-0.05, 0) is 85.0 Å². The second-order valence-electron chi connectivity index (χ2n) is 16.8. The minimum absolute atomic E-state index is 0.0265. The van der Waals surface area contributed by atoms with E-state index in [1.807, 2.05) is 48.5 Å². The van der Waals surface area contributed by atoms with Crippen LogP contribution in [0.25, 0.3) is 43.6 Å². The number of halogens is 3. The Morgan fingerprint density at radius 1 is 0.439 bits per heavy atom. The lowest BCUT2D eigenvalue weighted by atomic mass is 9.70. The maximum Gasteiger partial charge on any atom is 0.295 e. The molecular weight excluding hydrogens is 911 g/mol. The second-order valence-corrected chi connectivity index (χ2v) is 18.6. The molecule has 0 fully saturated rings. The van der Waals surface area contributed by atoms with E-state index in [4.69, 9.17) is 56.1 Å². The summed E-state index contributed by atoms with van der Waals surface area (Å²) in [6, 6.07) is 28.1. The lowest BCUT2D eigenvalue weighted by Crippen LogP contribution is -2.27. The summed E-state index contributed by atoms with van der Waals surface area (Å²) in [7, 11) is 0. The summed E-state index contributed by atoms with van der Waals surface area (Å²) in [6.07, 6.45) is 4.59. The second kappa shape index (κ2) is 16.8. The molecule has 4 aromatic carbocycles. The van der Waals surface area contributed by atoms with Gasteiger partial charge >= 0.3 is 0 Å². The minimum atomic E-state index is -1.83. The van der Waals surface area contributed by atoms with Gasteiger partial charge < -0.3 is 0 Å². The van der Waals surface area contributed by atoms with Crippen LogP contribution in [-0.4, -0.2) is 43.9 Å². The van der Waals surface area contributed by atoms with Crippen molar-refractivity contribution in [2.24, 2.45) is 0 Å². The summed E-state index contributed by atoms with van der Waals surface area (Å²) in [5.74, 6) is 0.624. The first-order chi connectivity index (χ1) is 32.0. The third-order valence-electron chi connectivity index (χ3n) is 13.1. The van der Waals surface area contributed by atoms with Gasteiger partial charge in [-0.3, -0.25) is 40.5 Å². The molecule has 4 aromatic heterocycles. The average Bonchev–Trinajstić information content (AvgIpc) is 3.28. The van der Waals surface area contributed by atoms with Gasteiger partial charge in [0.15, 0.2) is 4.27 Å². The van der Waals surface area contributed by atoms with Crippen molar-refractivity contribution >= 4 is 101 Å². The number of nitro benzene ring substituents is 4. The number of alkyl halides is 3. The molecule has 0 amide bonds. The highest BCUT2D eigenvalue weighted by atomic mass is 35.6. The van der Waals surface area contributed by atoms with Crippen LogP contribution in [0.1, 0.15) is 82.9 Å². The third kappa shape index (κ3) is 7.63. The Hall–Kier alpha value is -7.01. The van der Waals surface area contributed by atoms with E-state index in [1.54, 1.807) is 24.3 Å². The molecule has 0 saturated heterocycles. The van der Waals surface area contributed by atoms with Crippen molar-refractivity contribution in [2.45, 2.75) is 66.5 Å². The van der Waals surface area contributed by atoms with Gasteiger partial charge in [-0.15, -0.1) is 0 Å². The van der Waals surface area contributed by atoms with Crippen LogP contribution in [0.2, 0.25) is 0 Å². The zero-order valence-electron chi connectivity index (χ0n) is 35.3. The summed E-state index contributed by atoms with van der Waals surface area (Å²) < 4.78 is 4.40. The number of non-ortho nitro benzene ring substituents is 4. The molecule has 12 rings (SSSR count). The minimum Gasteiger partial charge on any atom is -0.258 e. The fourth-order valence-electron chi connectivity index (χ4n) is 10.5. The number of nitrogens with zero attached hydrogens (tertiary/aromatic N) is 8. The van der Waals surface area contributed by atoms with Crippen LogP contribution in [0.5, 0.6) is 0 Å². The lowest BCUT2D eigenvalue weighted by molar-refractivity contribution is -0.383. The fourth-order valence-corrected chi connectivity index (χ4v) is 10.5. The highest BCUT2D eigenvalue weighted by molar-refractivity contribution is 6.63. The number of hydrogen-bond acceptors (Lipinski definition) is 12. The van der Waals surface area contributed by atoms with E-state index < -0.39 is 4.27 Å². The van der Waals surface area contributed by atoms with E-state index in [1.165, 1.54) is 24.3 Å². The quantitative estimate of drug-likeness (QED) is 0.0912. The van der Waals surface area contributed by atoms with E-state index >= 15 is 0 Å². The smallest absolute Gasteiger partial charge is 0.258 e. The number of pyridine rings is 4. The van der Waals surface area contributed by atoms with Gasteiger partial charge in [0.1, 0.15) is 22.1 Å². The van der Waals surface area contributed by atoms with E-state index in [2.05, 4.69) is 0 Å². The van der Waals surface area contributed by atoms with Crippen LogP contribution in [-0.2, 0) is 25.7 Å². The standard InChI is InChI=1S/2C23H16N4O4.CHCl3/c2*28-26(29)18-5-1-3-12-7-14-9-16-11-17(20(14)24-22(12)18)10-15-8-13-4-2-6-19(27(30)31)23(13)25-21(15)16;2-1(3)4/h2*1-8,16-17H,9-11H2;1H/t2*16-,17-;/m00./s1/i;;1D. The molecule has 4 heterocycles. The number of fused-ring (bicyclic) bond motifs is 16. The maximum atomic E-state index is 11.5. The highest BCUT2D eigenvalue weighted by Gasteiger charge is 2.39. The van der Waals surface area contributed by atoms with Crippen molar-refractivity contribution in [3.05, 3.63) is 183 Å². The predicted molar refractivity (Wildman–Crippen MR) is 250 cm³/mol. The molecule has 0 N–H and O–H groups in total. The number of hydrogen-bond donors (Lipinski definition) is 0. The van der Waals surface area contributed by atoms with Crippen LogP contribution in [0.15, 0.2) is 97.1 Å². The molecule has 0 aliphatic heterocycles. The molecule has 4 atom stereocenters. The molecule has 4 aliphatic rings. The Bertz CT molecular complexity index is 3020. The largest absolute Gasteiger partial charge is 0.295 e. The van der Waals surface area contributed by atoms with Crippen molar-refractivity contribution in [2.75, 3.05) is 0 Å². The summed E-state index contributed by atoms with van der Waals surface area (Å²) in [5, 5.41) is 48.9. The van der Waals surface area contributed by atoms with Crippen molar-refractivity contribution in [1.29, 1.82) is 0 Å². The molecule has 19 heteroatoms. The molecule has 0 unspecified atom stereocenters. The van der Waals surface area contributed by atoms with Gasteiger partial charge in [0, 0.05) is 92.3 Å². The molecule has 4 bridgehead atoms. The molecule has 66 heavy (non-hydrogen) atoms. The summed E-state index contributed by atoms with van der Waals surface area (Å²) >= 11 is 14.2. The molecule has 0 saturated carbocycles. The Kier molecular flexibility index (Phi) is 10.6. The van der Waals surface area contributed by atoms with Gasteiger partial charge in [0.2, 0.25) is 0 Å². The topological polar surface area (TPSA) is 224 Å². The molecule has 0 spiro atoms. The average molecular weight is 945 g/mol. The van der Waals surface area contributed by atoms with E-state index in [0.717, 1.165) is 105 Å². The van der Waals surface area contributed by atoms with Crippen molar-refractivity contribution in [3.63, 3.8) is 0 Å². The number of benzene rings is 4. The SMILES string of the molecule is O=[N+]([O-])c1cccc2cc3c(nc12)[C@H]1Cc2cc4cccc([N+](=O)[O-])c4nc2[C@@H](C3)C1.O=[N+]([O-])c1cccc2cc3c(nc12)[C@H]1Cc2cc4cccc([N+](=O)[O-])c4nc2[C@@H](C3)C1.[2H]C(Cl)(Cl)Cl. The van der Waals surface area contributed by atoms with Crippen LogP contribution in [0, 0.1) is 40.5 Å². The Balaban J connectivity index is 0.000000143. The van der Waals surface area contributed by atoms with Gasteiger partial charge in [-0.2, -0.15) is 0 Å². The Labute approximate surface area is 389 Å². The molecular formula is C47H33Cl3N8O8. The molecule has 4 aliphatic carbocycles. The molecule has 16 nitrogen and oxygen atoms in total. The van der Waals surface area contributed by atoms with Crippen LogP contribution >= 0.6 is 34.8 Å². The number of rotatable bonds is 4. The zero-order chi connectivity index (χ0) is 47.1. The maximum absolute atomic E-state index is 11.5. The zero-order valence-corrected chi connectivity index (χ0v) is 36.5. The first-order valence-corrected chi connectivity index (χ1v) is 22.0. The normalized spacial score (nSPS) is 18.9.